The fourth-order valence-electron chi connectivity index (χ4n) is 3.11. The number of thiazole rings is 1. The quantitative estimate of drug-likeness (QED) is 0.235. The molecule has 2 atom stereocenters. The van der Waals surface area contributed by atoms with Gasteiger partial charge in [0.2, 0.25) is 0 Å². The van der Waals surface area contributed by atoms with E-state index in [1.807, 2.05) is 29.0 Å². The van der Waals surface area contributed by atoms with Gasteiger partial charge in [-0.25, -0.2) is 8.93 Å². The summed E-state index contributed by atoms with van der Waals surface area (Å²) in [5.41, 5.74) is 2.56. The molecule has 2 aromatic carbocycles. The highest BCUT2D eigenvalue weighted by Gasteiger charge is 2.31. The lowest BCUT2D eigenvalue weighted by Gasteiger charge is -2.12. The maximum atomic E-state index is 12.5. The molecular weight excluding hydrogens is 519 g/mol. The minimum atomic E-state index is -4.74. The summed E-state index contributed by atoms with van der Waals surface area (Å²) < 4.78 is 58.6. The summed E-state index contributed by atoms with van der Waals surface area (Å²) in [5.74, 6) is -0.279. The number of halogens is 4. The van der Waals surface area contributed by atoms with E-state index >= 15 is 0 Å². The Kier molecular flexibility index (Phi) is 9.73. The molecule has 5 nitrogen and oxygen atoms in total. The van der Waals surface area contributed by atoms with Crippen LogP contribution in [-0.4, -0.2) is 26.9 Å². The zero-order valence-corrected chi connectivity index (χ0v) is 21.3. The number of nitrogens with one attached hydrogen (secondary N) is 1. The number of hydrogen-bond acceptors (Lipinski definition) is 4. The van der Waals surface area contributed by atoms with Gasteiger partial charge in [-0.15, -0.1) is 31.1 Å². The van der Waals surface area contributed by atoms with E-state index in [1.54, 1.807) is 30.3 Å². The first kappa shape index (κ1) is 27.2. The zero-order valence-electron chi connectivity index (χ0n) is 18.9. The standard InChI is InChI=1S/C24H25ClF3N3O2S2/c1-3-17(2)35(32)30-13-4-14-31-22(19-7-11-21(12-8-19)33-24(26,27)28)16-34-23(31)29-15-18-5-9-20(25)10-6-18/h3,5-12,16-17,30H,1,4,13-15H2,2H3/t17-,35?/m0/s1. The predicted octanol–water partition coefficient (Wildman–Crippen LogP) is 6.09. The summed E-state index contributed by atoms with van der Waals surface area (Å²) in [7, 11) is -1.22. The highest BCUT2D eigenvalue weighted by Crippen LogP contribution is 2.27. The minimum Gasteiger partial charge on any atom is -0.406 e. The number of aromatic nitrogens is 1. The average Bonchev–Trinajstić information content (AvgIpc) is 3.22. The second kappa shape index (κ2) is 12.5. The lowest BCUT2D eigenvalue weighted by atomic mass is 10.1. The molecule has 11 heteroatoms. The molecule has 0 aliphatic heterocycles. The van der Waals surface area contributed by atoms with Crippen LogP contribution in [0.4, 0.5) is 13.2 Å². The second-order valence-corrected chi connectivity index (χ2v) is 10.5. The van der Waals surface area contributed by atoms with E-state index < -0.39 is 17.3 Å². The topological polar surface area (TPSA) is 55.6 Å². The molecule has 3 aromatic rings. The van der Waals surface area contributed by atoms with E-state index in [2.05, 4.69) is 16.0 Å². The smallest absolute Gasteiger partial charge is 0.406 e. The maximum absolute atomic E-state index is 12.5. The molecule has 0 aliphatic carbocycles. The molecule has 1 N–H and O–H groups in total. The fraction of sp³-hybridized carbons (Fsp3) is 0.292. The Morgan fingerprint density at radius 2 is 1.91 bits per heavy atom. The Bertz CT molecular complexity index is 1210. The normalized spacial score (nSPS) is 14.0. The van der Waals surface area contributed by atoms with Gasteiger partial charge in [0, 0.05) is 23.5 Å². The number of nitrogens with zero attached hydrogens (tertiary/aromatic N) is 2. The van der Waals surface area contributed by atoms with Crippen molar-refractivity contribution in [3.05, 3.63) is 82.0 Å². The van der Waals surface area contributed by atoms with Crippen LogP contribution in [0.5, 0.6) is 5.75 Å². The summed E-state index contributed by atoms with van der Waals surface area (Å²) in [6.07, 6.45) is -2.44. The molecule has 1 heterocycles. The Morgan fingerprint density at radius 1 is 1.23 bits per heavy atom. The summed E-state index contributed by atoms with van der Waals surface area (Å²) in [6.45, 7) is 7.02. The Balaban J connectivity index is 1.82. The Hall–Kier alpha value is -2.40. The second-order valence-electron chi connectivity index (χ2n) is 7.56. The molecule has 0 saturated heterocycles. The minimum absolute atomic E-state index is 0.165. The molecule has 1 aromatic heterocycles. The molecule has 35 heavy (non-hydrogen) atoms. The molecule has 0 radical (unpaired) electrons. The first-order chi connectivity index (χ1) is 16.7. The van der Waals surface area contributed by atoms with Crippen LogP contribution in [0.25, 0.3) is 11.3 Å². The fourth-order valence-corrected chi connectivity index (χ4v) is 4.95. The highest BCUT2D eigenvalue weighted by atomic mass is 35.5. The van der Waals surface area contributed by atoms with Gasteiger partial charge in [-0.2, -0.15) is 0 Å². The molecular formula is C24H25ClF3N3O2S2. The molecule has 0 bridgehead atoms. The lowest BCUT2D eigenvalue weighted by molar-refractivity contribution is -0.274. The van der Waals surface area contributed by atoms with Crippen LogP contribution in [0, 0.1) is 0 Å². The van der Waals surface area contributed by atoms with Crippen molar-refractivity contribution >= 4 is 33.9 Å². The third-order valence-corrected chi connectivity index (χ3v) is 7.47. The average molecular weight is 544 g/mol. The lowest BCUT2D eigenvalue weighted by Crippen LogP contribution is -2.27. The predicted molar refractivity (Wildman–Crippen MR) is 136 cm³/mol. The Morgan fingerprint density at radius 3 is 2.54 bits per heavy atom. The monoisotopic (exact) mass is 543 g/mol. The van der Waals surface area contributed by atoms with Crippen LogP contribution in [-0.2, 0) is 24.1 Å². The summed E-state index contributed by atoms with van der Waals surface area (Å²) in [4.78, 5) is 5.51. The number of ether oxygens (including phenoxy) is 1. The van der Waals surface area contributed by atoms with Crippen molar-refractivity contribution in [3.63, 3.8) is 0 Å². The van der Waals surface area contributed by atoms with Gasteiger partial charge in [0.15, 0.2) is 4.80 Å². The van der Waals surface area contributed by atoms with Crippen molar-refractivity contribution in [1.82, 2.24) is 9.29 Å². The van der Waals surface area contributed by atoms with Crippen LogP contribution >= 0.6 is 22.9 Å². The number of alkyl halides is 3. The van der Waals surface area contributed by atoms with E-state index in [0.717, 1.165) is 21.6 Å². The van der Waals surface area contributed by atoms with Crippen molar-refractivity contribution in [2.75, 3.05) is 6.54 Å². The van der Waals surface area contributed by atoms with E-state index in [-0.39, 0.29) is 11.0 Å². The molecule has 0 amide bonds. The van der Waals surface area contributed by atoms with Gasteiger partial charge in [-0.3, -0.25) is 4.99 Å². The van der Waals surface area contributed by atoms with E-state index in [4.69, 9.17) is 16.6 Å². The van der Waals surface area contributed by atoms with Crippen LogP contribution in [0.15, 0.2) is 71.6 Å². The first-order valence-electron chi connectivity index (χ1n) is 10.7. The molecule has 0 saturated carbocycles. The van der Waals surface area contributed by atoms with Crippen molar-refractivity contribution in [3.8, 4) is 17.0 Å². The summed E-state index contributed by atoms with van der Waals surface area (Å²) >= 11 is 7.40. The largest absolute Gasteiger partial charge is 0.573 e. The molecule has 0 fully saturated rings. The number of rotatable bonds is 11. The van der Waals surface area contributed by atoms with Crippen molar-refractivity contribution < 1.29 is 22.1 Å². The van der Waals surface area contributed by atoms with Crippen molar-refractivity contribution in [2.24, 2.45) is 4.99 Å². The van der Waals surface area contributed by atoms with E-state index in [0.29, 0.717) is 31.1 Å². The van der Waals surface area contributed by atoms with Crippen LogP contribution in [0.3, 0.4) is 0 Å². The van der Waals surface area contributed by atoms with Gasteiger partial charge in [-0.1, -0.05) is 29.8 Å². The third-order valence-electron chi connectivity index (χ3n) is 4.96. The van der Waals surface area contributed by atoms with E-state index in [1.165, 1.54) is 23.5 Å². The van der Waals surface area contributed by atoms with Crippen molar-refractivity contribution in [1.29, 1.82) is 0 Å². The van der Waals surface area contributed by atoms with Gasteiger partial charge >= 0.3 is 6.36 Å². The van der Waals surface area contributed by atoms with Gasteiger partial charge in [-0.05, 0) is 60.9 Å². The maximum Gasteiger partial charge on any atom is 0.573 e. The van der Waals surface area contributed by atoms with Gasteiger partial charge in [0.05, 0.1) is 28.5 Å². The van der Waals surface area contributed by atoms with Gasteiger partial charge in [0.25, 0.3) is 0 Å². The Labute approximate surface area is 213 Å². The summed E-state index contributed by atoms with van der Waals surface area (Å²) in [5, 5.41) is 2.41. The molecule has 3 rings (SSSR count). The molecule has 1 unspecified atom stereocenters. The highest BCUT2D eigenvalue weighted by molar-refractivity contribution is 7.83. The van der Waals surface area contributed by atoms with Gasteiger partial charge < -0.3 is 9.30 Å². The number of hydrogen-bond donors (Lipinski definition) is 1. The van der Waals surface area contributed by atoms with E-state index in [9.17, 15) is 17.4 Å². The molecule has 188 valence electrons. The van der Waals surface area contributed by atoms with Crippen LogP contribution in [0.2, 0.25) is 5.02 Å². The summed E-state index contributed by atoms with van der Waals surface area (Å²) in [6, 6.07) is 13.2. The van der Waals surface area contributed by atoms with Crippen LogP contribution < -0.4 is 14.3 Å². The number of benzene rings is 2. The van der Waals surface area contributed by atoms with Gasteiger partial charge in [0.1, 0.15) is 5.75 Å². The molecule has 0 spiro atoms. The zero-order chi connectivity index (χ0) is 25.4. The third kappa shape index (κ3) is 8.34. The SMILES string of the molecule is C=C[C@H](C)S(=O)NCCCn1c(-c2ccc(OC(F)(F)F)cc2)csc1=NCc1ccc(Cl)cc1. The first-order valence-corrected chi connectivity index (χ1v) is 13.2. The van der Waals surface area contributed by atoms with Crippen molar-refractivity contribution in [2.45, 2.75) is 38.0 Å². The van der Waals surface area contributed by atoms with Crippen LogP contribution in [0.1, 0.15) is 18.9 Å². The molecule has 0 aliphatic rings.